The van der Waals surface area contributed by atoms with Gasteiger partial charge in [-0.2, -0.15) is 5.26 Å². The number of nitrogens with one attached hydrogen (secondary N) is 1. The molecule has 1 fully saturated rings. The molecular formula is C13H12ClN3O3. The van der Waals surface area contributed by atoms with E-state index in [4.69, 9.17) is 22.0 Å². The molecule has 1 aliphatic rings. The fourth-order valence-corrected chi connectivity index (χ4v) is 2.31. The molecule has 0 radical (unpaired) electrons. The van der Waals surface area contributed by atoms with Gasteiger partial charge in [0.2, 0.25) is 0 Å². The highest BCUT2D eigenvalue weighted by molar-refractivity contribution is 6.33. The smallest absolute Gasteiger partial charge is 0.326 e. The third-order valence-electron chi connectivity index (χ3n) is 3.14. The maximum Gasteiger partial charge on any atom is 0.326 e. The van der Waals surface area contributed by atoms with Crippen LogP contribution in [0.2, 0.25) is 5.02 Å². The number of nitriles is 1. The molecular weight excluding hydrogens is 282 g/mol. The van der Waals surface area contributed by atoms with Crippen LogP contribution in [0.5, 0.6) is 0 Å². The van der Waals surface area contributed by atoms with Crippen LogP contribution in [0.3, 0.4) is 0 Å². The van der Waals surface area contributed by atoms with Crippen molar-refractivity contribution in [3.63, 3.8) is 0 Å². The summed E-state index contributed by atoms with van der Waals surface area (Å²) in [4.78, 5) is 24.4. The first-order valence-corrected chi connectivity index (χ1v) is 6.41. The van der Waals surface area contributed by atoms with Gasteiger partial charge in [-0.3, -0.25) is 0 Å². The van der Waals surface area contributed by atoms with Crippen LogP contribution in [0.4, 0.5) is 10.5 Å². The van der Waals surface area contributed by atoms with Gasteiger partial charge in [-0.15, -0.1) is 0 Å². The van der Waals surface area contributed by atoms with Gasteiger partial charge in [0.1, 0.15) is 6.04 Å². The van der Waals surface area contributed by atoms with Crippen molar-refractivity contribution in [1.82, 2.24) is 4.90 Å². The number of benzene rings is 1. The Morgan fingerprint density at radius 3 is 2.90 bits per heavy atom. The zero-order chi connectivity index (χ0) is 14.7. The normalized spacial score (nSPS) is 17.6. The Hall–Kier alpha value is -2.26. The number of carboxylic acids is 1. The zero-order valence-electron chi connectivity index (χ0n) is 10.5. The number of anilines is 1. The Morgan fingerprint density at radius 2 is 2.25 bits per heavy atom. The maximum atomic E-state index is 12.1. The lowest BCUT2D eigenvalue weighted by molar-refractivity contribution is -0.141. The molecule has 1 aromatic carbocycles. The fourth-order valence-electron chi connectivity index (χ4n) is 2.14. The number of carbonyl (C=O) groups excluding carboxylic acids is 1. The number of carbonyl (C=O) groups is 2. The lowest BCUT2D eigenvalue weighted by Crippen LogP contribution is -2.42. The number of aliphatic carboxylic acids is 1. The zero-order valence-corrected chi connectivity index (χ0v) is 11.2. The molecule has 1 atom stereocenters. The van der Waals surface area contributed by atoms with Gasteiger partial charge in [0.25, 0.3) is 0 Å². The molecule has 1 saturated heterocycles. The number of hydrogen-bond donors (Lipinski definition) is 2. The van der Waals surface area contributed by atoms with E-state index in [2.05, 4.69) is 5.32 Å². The van der Waals surface area contributed by atoms with Gasteiger partial charge >= 0.3 is 12.0 Å². The van der Waals surface area contributed by atoms with E-state index in [1.165, 1.54) is 23.1 Å². The predicted octanol–water partition coefficient (Wildman–Crippen LogP) is 2.29. The second-order valence-corrected chi connectivity index (χ2v) is 4.83. The van der Waals surface area contributed by atoms with Gasteiger partial charge < -0.3 is 15.3 Å². The summed E-state index contributed by atoms with van der Waals surface area (Å²) in [7, 11) is 0. The van der Waals surface area contributed by atoms with Crippen molar-refractivity contribution in [2.24, 2.45) is 0 Å². The summed E-state index contributed by atoms with van der Waals surface area (Å²) < 4.78 is 0. The van der Waals surface area contributed by atoms with Crippen LogP contribution in [0, 0.1) is 11.3 Å². The van der Waals surface area contributed by atoms with E-state index in [-0.39, 0.29) is 0 Å². The summed E-state index contributed by atoms with van der Waals surface area (Å²) in [5.74, 6) is -1.02. The molecule has 20 heavy (non-hydrogen) atoms. The van der Waals surface area contributed by atoms with E-state index in [0.29, 0.717) is 35.7 Å². The number of nitrogens with zero attached hydrogens (tertiary/aromatic N) is 2. The molecule has 7 heteroatoms. The summed E-state index contributed by atoms with van der Waals surface area (Å²) >= 11 is 5.94. The molecule has 1 heterocycles. The first-order chi connectivity index (χ1) is 9.52. The van der Waals surface area contributed by atoms with Crippen molar-refractivity contribution in [3.8, 4) is 6.07 Å². The third kappa shape index (κ3) is 2.83. The van der Waals surface area contributed by atoms with Crippen LogP contribution >= 0.6 is 11.6 Å². The van der Waals surface area contributed by atoms with E-state index < -0.39 is 18.0 Å². The first-order valence-electron chi connectivity index (χ1n) is 6.03. The van der Waals surface area contributed by atoms with Crippen LogP contribution in [0.15, 0.2) is 18.2 Å². The van der Waals surface area contributed by atoms with Crippen molar-refractivity contribution >= 4 is 29.3 Å². The molecule has 104 valence electrons. The SMILES string of the molecule is N#Cc1ccc(Cl)c(NC(=O)N2CCCC2C(=O)O)c1. The Bertz CT molecular complexity index is 597. The average molecular weight is 294 g/mol. The summed E-state index contributed by atoms with van der Waals surface area (Å²) in [6.07, 6.45) is 1.09. The van der Waals surface area contributed by atoms with Crippen LogP contribution in [-0.4, -0.2) is 34.6 Å². The highest BCUT2D eigenvalue weighted by atomic mass is 35.5. The van der Waals surface area contributed by atoms with Crippen molar-refractivity contribution in [2.75, 3.05) is 11.9 Å². The predicted molar refractivity (Wildman–Crippen MR) is 72.5 cm³/mol. The minimum Gasteiger partial charge on any atom is -0.480 e. The molecule has 1 aliphatic heterocycles. The quantitative estimate of drug-likeness (QED) is 0.875. The molecule has 6 nitrogen and oxygen atoms in total. The van der Waals surface area contributed by atoms with Gasteiger partial charge in [0, 0.05) is 6.54 Å². The molecule has 0 spiro atoms. The van der Waals surface area contributed by atoms with Crippen LogP contribution < -0.4 is 5.32 Å². The van der Waals surface area contributed by atoms with E-state index in [0.717, 1.165) is 0 Å². The number of urea groups is 1. The lowest BCUT2D eigenvalue weighted by Gasteiger charge is -2.22. The maximum absolute atomic E-state index is 12.1. The fraction of sp³-hybridized carbons (Fsp3) is 0.308. The van der Waals surface area contributed by atoms with E-state index in [9.17, 15) is 9.59 Å². The van der Waals surface area contributed by atoms with Gasteiger partial charge in [-0.05, 0) is 31.0 Å². The Morgan fingerprint density at radius 1 is 1.50 bits per heavy atom. The van der Waals surface area contributed by atoms with Crippen LogP contribution in [-0.2, 0) is 4.79 Å². The molecule has 2 amide bonds. The molecule has 0 saturated carbocycles. The van der Waals surface area contributed by atoms with Gasteiger partial charge in [0.05, 0.1) is 22.3 Å². The second kappa shape index (κ2) is 5.80. The Balaban J connectivity index is 2.16. The standard InChI is InChI=1S/C13H12ClN3O3/c14-9-4-3-8(7-15)6-10(9)16-13(20)17-5-1-2-11(17)12(18)19/h3-4,6,11H,1-2,5H2,(H,16,20)(H,18,19). The average Bonchev–Trinajstić information content (AvgIpc) is 2.90. The summed E-state index contributed by atoms with van der Waals surface area (Å²) in [6, 6.07) is 5.11. The topological polar surface area (TPSA) is 93.4 Å². The van der Waals surface area contributed by atoms with Gasteiger partial charge in [-0.1, -0.05) is 11.6 Å². The molecule has 0 bridgehead atoms. The second-order valence-electron chi connectivity index (χ2n) is 4.43. The lowest BCUT2D eigenvalue weighted by atomic mass is 10.2. The van der Waals surface area contributed by atoms with Crippen LogP contribution in [0.25, 0.3) is 0 Å². The van der Waals surface area contributed by atoms with Crippen molar-refractivity contribution in [2.45, 2.75) is 18.9 Å². The number of hydrogen-bond acceptors (Lipinski definition) is 3. The molecule has 0 aromatic heterocycles. The first kappa shape index (κ1) is 14.2. The number of likely N-dealkylation sites (tertiary alicyclic amines) is 1. The molecule has 2 rings (SSSR count). The van der Waals surface area contributed by atoms with Gasteiger partial charge in [-0.25, -0.2) is 9.59 Å². The summed E-state index contributed by atoms with van der Waals surface area (Å²) in [6.45, 7) is 0.387. The summed E-state index contributed by atoms with van der Waals surface area (Å²) in [5, 5.41) is 20.7. The van der Waals surface area contributed by atoms with E-state index in [1.807, 2.05) is 6.07 Å². The highest BCUT2D eigenvalue weighted by Crippen LogP contribution is 2.25. The number of halogens is 1. The highest BCUT2D eigenvalue weighted by Gasteiger charge is 2.34. The molecule has 1 aromatic rings. The van der Waals surface area contributed by atoms with Crippen molar-refractivity contribution < 1.29 is 14.7 Å². The van der Waals surface area contributed by atoms with Gasteiger partial charge in [0.15, 0.2) is 0 Å². The monoisotopic (exact) mass is 293 g/mol. The Kier molecular flexibility index (Phi) is 4.11. The third-order valence-corrected chi connectivity index (χ3v) is 3.47. The minimum absolute atomic E-state index is 0.295. The summed E-state index contributed by atoms with van der Waals surface area (Å²) in [5.41, 5.74) is 0.660. The molecule has 0 aliphatic carbocycles. The van der Waals surface area contributed by atoms with Crippen molar-refractivity contribution in [1.29, 1.82) is 5.26 Å². The molecule has 2 N–H and O–H groups in total. The largest absolute Gasteiger partial charge is 0.480 e. The Labute approximate surface area is 120 Å². The van der Waals surface area contributed by atoms with Crippen molar-refractivity contribution in [3.05, 3.63) is 28.8 Å². The molecule has 1 unspecified atom stereocenters. The minimum atomic E-state index is -1.02. The number of amides is 2. The number of carboxylic acid groups (broad SMARTS) is 1. The number of rotatable bonds is 2. The van der Waals surface area contributed by atoms with E-state index >= 15 is 0 Å². The van der Waals surface area contributed by atoms with E-state index in [1.54, 1.807) is 0 Å². The van der Waals surface area contributed by atoms with Crippen LogP contribution in [0.1, 0.15) is 18.4 Å².